The van der Waals surface area contributed by atoms with E-state index in [1.54, 1.807) is 39.0 Å². The molecule has 0 bridgehead atoms. The Kier molecular flexibility index (Phi) is 7.11. The zero-order chi connectivity index (χ0) is 26.0. The molecule has 36 heavy (non-hydrogen) atoms. The number of fused-ring (bicyclic) bond motifs is 1. The van der Waals surface area contributed by atoms with Gasteiger partial charge in [0.15, 0.2) is 11.6 Å². The number of anilines is 1. The van der Waals surface area contributed by atoms with Crippen molar-refractivity contribution in [2.24, 2.45) is 0 Å². The topological polar surface area (TPSA) is 117 Å². The maximum absolute atomic E-state index is 15.1. The fourth-order valence-corrected chi connectivity index (χ4v) is 4.42. The monoisotopic (exact) mass is 556 g/mol. The number of nitrogens with zero attached hydrogens (tertiary/aromatic N) is 4. The zero-order valence-corrected chi connectivity index (χ0v) is 21.9. The molecule has 0 aliphatic carbocycles. The Bertz CT molecular complexity index is 1430. The van der Waals surface area contributed by atoms with E-state index in [9.17, 15) is 4.79 Å². The lowest BCUT2D eigenvalue weighted by atomic mass is 10.1. The SMILES string of the molecule is Cc1cccc(Oc2ccc(-c3c(Br)n(CCNC(=O)OC(C)(C)C)c4ncnc(N)c34)cc2F)n1. The van der Waals surface area contributed by atoms with Gasteiger partial charge < -0.3 is 25.1 Å². The van der Waals surface area contributed by atoms with E-state index >= 15 is 4.39 Å². The number of nitrogens with two attached hydrogens (primary N) is 1. The van der Waals surface area contributed by atoms with Crippen molar-refractivity contribution in [3.05, 3.63) is 58.8 Å². The zero-order valence-electron chi connectivity index (χ0n) is 20.3. The third kappa shape index (κ3) is 5.56. The van der Waals surface area contributed by atoms with Crippen LogP contribution in [0.15, 0.2) is 47.3 Å². The molecule has 0 fully saturated rings. The first kappa shape index (κ1) is 25.4. The minimum Gasteiger partial charge on any atom is -0.444 e. The Labute approximate surface area is 216 Å². The summed E-state index contributed by atoms with van der Waals surface area (Å²) in [7, 11) is 0. The van der Waals surface area contributed by atoms with Gasteiger partial charge in [-0.05, 0) is 67.4 Å². The number of amides is 1. The highest BCUT2D eigenvalue weighted by Gasteiger charge is 2.22. The van der Waals surface area contributed by atoms with Crippen LogP contribution in [0.5, 0.6) is 11.6 Å². The van der Waals surface area contributed by atoms with Gasteiger partial charge in [0.05, 0.1) is 9.99 Å². The number of rotatable bonds is 6. The van der Waals surface area contributed by atoms with Crippen molar-refractivity contribution in [2.45, 2.75) is 39.8 Å². The molecular formula is C25H26BrFN6O3. The Balaban J connectivity index is 1.65. The van der Waals surface area contributed by atoms with Gasteiger partial charge in [0.1, 0.15) is 23.4 Å². The van der Waals surface area contributed by atoms with Crippen molar-refractivity contribution in [2.75, 3.05) is 12.3 Å². The van der Waals surface area contributed by atoms with Gasteiger partial charge in [-0.25, -0.2) is 24.1 Å². The van der Waals surface area contributed by atoms with Crippen LogP contribution in [0.1, 0.15) is 26.5 Å². The quantitative estimate of drug-likeness (QED) is 0.317. The smallest absolute Gasteiger partial charge is 0.407 e. The van der Waals surface area contributed by atoms with Gasteiger partial charge in [-0.3, -0.25) is 0 Å². The lowest BCUT2D eigenvalue weighted by Gasteiger charge is -2.19. The number of hydrogen-bond acceptors (Lipinski definition) is 7. The summed E-state index contributed by atoms with van der Waals surface area (Å²) in [4.78, 5) is 24.8. The van der Waals surface area contributed by atoms with Crippen molar-refractivity contribution in [1.82, 2.24) is 24.8 Å². The third-order valence-electron chi connectivity index (χ3n) is 5.11. The molecule has 4 rings (SSSR count). The number of halogens is 2. The fraction of sp³-hybridized carbons (Fsp3) is 0.280. The minimum atomic E-state index is -0.602. The van der Waals surface area contributed by atoms with E-state index in [0.717, 1.165) is 5.69 Å². The highest BCUT2D eigenvalue weighted by molar-refractivity contribution is 9.10. The molecule has 1 aromatic carbocycles. The number of carbonyl (C=O) groups is 1. The summed E-state index contributed by atoms with van der Waals surface area (Å²) in [6.07, 6.45) is 0.836. The van der Waals surface area contributed by atoms with Crippen molar-refractivity contribution in [3.63, 3.8) is 0 Å². The Morgan fingerprint density at radius 1 is 1.22 bits per heavy atom. The molecule has 188 valence electrons. The van der Waals surface area contributed by atoms with Crippen LogP contribution in [-0.4, -0.2) is 37.8 Å². The van der Waals surface area contributed by atoms with Gasteiger partial charge in [0.25, 0.3) is 0 Å². The average Bonchev–Trinajstić information content (AvgIpc) is 3.07. The number of ether oxygens (including phenoxy) is 2. The fourth-order valence-electron chi connectivity index (χ4n) is 3.64. The molecule has 0 radical (unpaired) electrons. The van der Waals surface area contributed by atoms with Gasteiger partial charge in [0, 0.05) is 30.4 Å². The molecular weight excluding hydrogens is 531 g/mol. The predicted octanol–water partition coefficient (Wildman–Crippen LogP) is 5.60. The molecule has 9 nitrogen and oxygen atoms in total. The molecule has 0 unspecified atom stereocenters. The second-order valence-electron chi connectivity index (χ2n) is 9.07. The van der Waals surface area contributed by atoms with Gasteiger partial charge in [-0.2, -0.15) is 0 Å². The summed E-state index contributed by atoms with van der Waals surface area (Å²) < 4.78 is 28.5. The first-order chi connectivity index (χ1) is 17.0. The van der Waals surface area contributed by atoms with Gasteiger partial charge in [-0.15, -0.1) is 0 Å². The first-order valence-electron chi connectivity index (χ1n) is 11.2. The predicted molar refractivity (Wildman–Crippen MR) is 138 cm³/mol. The minimum absolute atomic E-state index is 0.0440. The lowest BCUT2D eigenvalue weighted by Crippen LogP contribution is -2.34. The Hall–Kier alpha value is -3.73. The first-order valence-corrected chi connectivity index (χ1v) is 12.0. The van der Waals surface area contributed by atoms with Crippen LogP contribution in [0.2, 0.25) is 0 Å². The molecule has 4 aromatic rings. The van der Waals surface area contributed by atoms with Crippen molar-refractivity contribution < 1.29 is 18.7 Å². The molecule has 3 aromatic heterocycles. The van der Waals surface area contributed by atoms with Crippen molar-refractivity contribution in [1.29, 1.82) is 0 Å². The molecule has 1 amide bonds. The van der Waals surface area contributed by atoms with Gasteiger partial charge in [0.2, 0.25) is 5.88 Å². The van der Waals surface area contributed by atoms with Crippen LogP contribution < -0.4 is 15.8 Å². The van der Waals surface area contributed by atoms with Crippen molar-refractivity contribution >= 4 is 38.9 Å². The molecule has 0 saturated carbocycles. The standard InChI is InChI=1S/C25H26BrFN6O3/c1-14-6-5-7-18(32-14)35-17-9-8-15(12-16(17)27)19-20-22(28)30-13-31-23(20)33(21(19)26)11-10-29-24(34)36-25(2,3)4/h5-9,12-13H,10-11H2,1-4H3,(H,29,34)(H2,28,30,31). The van der Waals surface area contributed by atoms with Crippen LogP contribution in [0, 0.1) is 12.7 Å². The van der Waals surface area contributed by atoms with Gasteiger partial charge in [-0.1, -0.05) is 12.1 Å². The van der Waals surface area contributed by atoms with E-state index in [-0.39, 0.29) is 18.1 Å². The van der Waals surface area contributed by atoms with E-state index in [2.05, 4.69) is 36.2 Å². The molecule has 3 heterocycles. The van der Waals surface area contributed by atoms with E-state index in [4.69, 9.17) is 15.2 Å². The number of hydrogen-bond donors (Lipinski definition) is 2. The molecule has 11 heteroatoms. The Morgan fingerprint density at radius 3 is 2.69 bits per heavy atom. The Morgan fingerprint density at radius 2 is 2.00 bits per heavy atom. The molecule has 0 atom stereocenters. The van der Waals surface area contributed by atoms with Crippen LogP contribution in [-0.2, 0) is 11.3 Å². The summed E-state index contributed by atoms with van der Waals surface area (Å²) in [5.41, 5.74) is 8.08. The van der Waals surface area contributed by atoms with E-state index < -0.39 is 17.5 Å². The summed E-state index contributed by atoms with van der Waals surface area (Å²) in [6.45, 7) is 7.83. The van der Waals surface area contributed by atoms with E-state index in [1.165, 1.54) is 18.5 Å². The number of benzene rings is 1. The number of pyridine rings is 1. The summed E-state index contributed by atoms with van der Waals surface area (Å²) >= 11 is 3.62. The average molecular weight is 557 g/mol. The number of aryl methyl sites for hydroxylation is 1. The highest BCUT2D eigenvalue weighted by atomic mass is 79.9. The van der Waals surface area contributed by atoms with Crippen LogP contribution in [0.3, 0.4) is 0 Å². The number of nitrogen functional groups attached to an aromatic ring is 1. The van der Waals surface area contributed by atoms with Gasteiger partial charge >= 0.3 is 6.09 Å². The molecule has 0 saturated heterocycles. The largest absolute Gasteiger partial charge is 0.444 e. The number of nitrogens with one attached hydrogen (secondary N) is 1. The number of carbonyl (C=O) groups excluding carboxylic acids is 1. The second-order valence-corrected chi connectivity index (χ2v) is 9.82. The normalized spacial score (nSPS) is 11.5. The number of alkyl carbamates (subject to hydrolysis) is 1. The maximum atomic E-state index is 15.1. The van der Waals surface area contributed by atoms with Crippen molar-refractivity contribution in [3.8, 4) is 22.8 Å². The molecule has 0 spiro atoms. The highest BCUT2D eigenvalue weighted by Crippen LogP contribution is 2.41. The summed E-state index contributed by atoms with van der Waals surface area (Å²) in [5, 5.41) is 3.29. The van der Waals surface area contributed by atoms with Crippen LogP contribution >= 0.6 is 15.9 Å². The summed E-state index contributed by atoms with van der Waals surface area (Å²) in [6, 6.07) is 9.90. The maximum Gasteiger partial charge on any atom is 0.407 e. The molecule has 3 N–H and O–H groups in total. The number of aromatic nitrogens is 4. The summed E-state index contributed by atoms with van der Waals surface area (Å²) in [5.74, 6) is 0.0296. The lowest BCUT2D eigenvalue weighted by molar-refractivity contribution is 0.0526. The molecule has 0 aliphatic rings. The van der Waals surface area contributed by atoms with E-state index in [0.29, 0.717) is 39.2 Å². The van der Waals surface area contributed by atoms with Crippen LogP contribution in [0.25, 0.3) is 22.2 Å². The third-order valence-corrected chi connectivity index (χ3v) is 5.93. The second kappa shape index (κ2) is 10.1. The molecule has 0 aliphatic heterocycles. The van der Waals surface area contributed by atoms with Crippen LogP contribution in [0.4, 0.5) is 15.0 Å². The van der Waals surface area contributed by atoms with E-state index in [1.807, 2.05) is 17.6 Å².